The lowest BCUT2D eigenvalue weighted by Crippen LogP contribution is -1.84. The highest BCUT2D eigenvalue weighted by atomic mass is 32.1. The van der Waals surface area contributed by atoms with Crippen LogP contribution >= 0.6 is 11.3 Å². The molecule has 0 saturated carbocycles. The third kappa shape index (κ3) is 1.94. The van der Waals surface area contributed by atoms with E-state index in [9.17, 15) is 13.6 Å². The first-order chi connectivity index (χ1) is 7.20. The van der Waals surface area contributed by atoms with Crippen molar-refractivity contribution in [3.63, 3.8) is 0 Å². The fraction of sp³-hybridized carbons (Fsp3) is 0. The topological polar surface area (TPSA) is 17.1 Å². The second kappa shape index (κ2) is 3.90. The molecule has 1 nitrogen and oxygen atoms in total. The van der Waals surface area contributed by atoms with Crippen molar-refractivity contribution in [1.82, 2.24) is 0 Å². The quantitative estimate of drug-likeness (QED) is 0.713. The summed E-state index contributed by atoms with van der Waals surface area (Å²) in [4.78, 5) is 10.9. The van der Waals surface area contributed by atoms with E-state index < -0.39 is 11.6 Å². The number of hydrogen-bond acceptors (Lipinski definition) is 2. The number of carbonyl (C=O) groups excluding carboxylic acids is 1. The number of halogens is 2. The summed E-state index contributed by atoms with van der Waals surface area (Å²) in [6.07, 6.45) is 0.686. The molecule has 15 heavy (non-hydrogen) atoms. The van der Waals surface area contributed by atoms with Crippen LogP contribution in [0.2, 0.25) is 0 Å². The molecule has 76 valence electrons. The second-order valence-electron chi connectivity index (χ2n) is 2.98. The predicted molar refractivity (Wildman–Crippen MR) is 55.1 cm³/mol. The van der Waals surface area contributed by atoms with Crippen molar-refractivity contribution in [2.75, 3.05) is 0 Å². The van der Waals surface area contributed by atoms with Gasteiger partial charge in [0.2, 0.25) is 0 Å². The van der Waals surface area contributed by atoms with E-state index in [2.05, 4.69) is 0 Å². The molecule has 0 bridgehead atoms. The van der Waals surface area contributed by atoms with Crippen molar-refractivity contribution >= 4 is 17.6 Å². The molecule has 2 rings (SSSR count). The molecule has 4 heteroatoms. The van der Waals surface area contributed by atoms with Crippen molar-refractivity contribution in [3.05, 3.63) is 46.2 Å². The van der Waals surface area contributed by atoms with E-state index >= 15 is 0 Å². The molecular formula is C11H6F2OS. The van der Waals surface area contributed by atoms with Crippen LogP contribution in [0.4, 0.5) is 8.78 Å². The first kappa shape index (κ1) is 9.98. The van der Waals surface area contributed by atoms with Crippen molar-refractivity contribution < 1.29 is 13.6 Å². The van der Waals surface area contributed by atoms with Gasteiger partial charge in [0.1, 0.15) is 11.6 Å². The van der Waals surface area contributed by atoms with Gasteiger partial charge < -0.3 is 0 Å². The van der Waals surface area contributed by atoms with Gasteiger partial charge in [0.25, 0.3) is 0 Å². The van der Waals surface area contributed by atoms with E-state index in [1.54, 1.807) is 5.38 Å². The SMILES string of the molecule is O=Cc1cc(-c2cc(F)ccc2F)cs1. The molecule has 1 heterocycles. The Bertz CT molecular complexity index is 505. The maximum Gasteiger partial charge on any atom is 0.160 e. The van der Waals surface area contributed by atoms with Crippen LogP contribution in [0.1, 0.15) is 9.67 Å². The lowest BCUT2D eigenvalue weighted by molar-refractivity contribution is 0.112. The van der Waals surface area contributed by atoms with Gasteiger partial charge in [-0.2, -0.15) is 0 Å². The molecule has 0 N–H and O–H groups in total. The molecule has 0 saturated heterocycles. The average molecular weight is 224 g/mol. The minimum absolute atomic E-state index is 0.180. The van der Waals surface area contributed by atoms with Gasteiger partial charge in [0.15, 0.2) is 6.29 Å². The van der Waals surface area contributed by atoms with Crippen LogP contribution in [-0.4, -0.2) is 6.29 Å². The number of carbonyl (C=O) groups is 1. The van der Waals surface area contributed by atoms with Crippen molar-refractivity contribution in [2.24, 2.45) is 0 Å². The summed E-state index contributed by atoms with van der Waals surface area (Å²) in [5, 5.41) is 1.63. The normalized spacial score (nSPS) is 10.3. The molecule has 1 aromatic carbocycles. The monoisotopic (exact) mass is 224 g/mol. The Kier molecular flexibility index (Phi) is 2.60. The molecule has 0 fully saturated rings. The summed E-state index contributed by atoms with van der Waals surface area (Å²) in [5.41, 5.74) is 0.707. The van der Waals surface area contributed by atoms with Crippen LogP contribution < -0.4 is 0 Å². The number of thiophene rings is 1. The predicted octanol–water partition coefficient (Wildman–Crippen LogP) is 3.51. The van der Waals surface area contributed by atoms with Gasteiger partial charge in [-0.05, 0) is 35.2 Å². The molecule has 0 aliphatic heterocycles. The first-order valence-electron chi connectivity index (χ1n) is 4.20. The van der Waals surface area contributed by atoms with Crippen LogP contribution in [0.25, 0.3) is 11.1 Å². The van der Waals surface area contributed by atoms with Crippen LogP contribution in [0, 0.1) is 11.6 Å². The maximum atomic E-state index is 13.3. The highest BCUT2D eigenvalue weighted by Crippen LogP contribution is 2.27. The standard InChI is InChI=1S/C11H6F2OS/c12-8-1-2-11(13)10(4-8)7-3-9(5-14)15-6-7/h1-6H. The fourth-order valence-electron chi connectivity index (χ4n) is 1.27. The minimum Gasteiger partial charge on any atom is -0.297 e. The van der Waals surface area contributed by atoms with Gasteiger partial charge in [-0.15, -0.1) is 11.3 Å². The zero-order chi connectivity index (χ0) is 10.8. The van der Waals surface area contributed by atoms with Gasteiger partial charge in [0.05, 0.1) is 4.88 Å². The van der Waals surface area contributed by atoms with Crippen LogP contribution in [-0.2, 0) is 0 Å². The summed E-state index contributed by atoms with van der Waals surface area (Å²) in [6.45, 7) is 0. The molecule has 0 radical (unpaired) electrons. The lowest BCUT2D eigenvalue weighted by atomic mass is 10.1. The van der Waals surface area contributed by atoms with Crippen molar-refractivity contribution in [1.29, 1.82) is 0 Å². The minimum atomic E-state index is -0.495. The summed E-state index contributed by atoms with van der Waals surface area (Å²) in [6, 6.07) is 4.79. The molecule has 0 aliphatic carbocycles. The maximum absolute atomic E-state index is 13.3. The third-order valence-corrected chi connectivity index (χ3v) is 2.83. The molecule has 0 unspecified atom stereocenters. The third-order valence-electron chi connectivity index (χ3n) is 1.98. The number of hydrogen-bond donors (Lipinski definition) is 0. The second-order valence-corrected chi connectivity index (χ2v) is 3.92. The highest BCUT2D eigenvalue weighted by molar-refractivity contribution is 7.12. The molecule has 1 aromatic heterocycles. The number of benzene rings is 1. The Morgan fingerprint density at radius 1 is 1.20 bits per heavy atom. The zero-order valence-electron chi connectivity index (χ0n) is 7.54. The van der Waals surface area contributed by atoms with Crippen LogP contribution in [0.15, 0.2) is 29.6 Å². The van der Waals surface area contributed by atoms with Gasteiger partial charge in [-0.1, -0.05) is 0 Å². The van der Waals surface area contributed by atoms with Gasteiger partial charge in [-0.3, -0.25) is 4.79 Å². The van der Waals surface area contributed by atoms with E-state index in [0.29, 0.717) is 16.7 Å². The van der Waals surface area contributed by atoms with E-state index in [1.165, 1.54) is 17.4 Å². The molecule has 0 amide bonds. The first-order valence-corrected chi connectivity index (χ1v) is 5.08. The molecule has 0 atom stereocenters. The van der Waals surface area contributed by atoms with Gasteiger partial charge in [0, 0.05) is 5.56 Å². The Labute approximate surface area is 89.0 Å². The Balaban J connectivity index is 2.52. The number of aldehydes is 1. The Morgan fingerprint density at radius 2 is 2.00 bits per heavy atom. The lowest BCUT2D eigenvalue weighted by Gasteiger charge is -1.99. The van der Waals surface area contributed by atoms with E-state index in [4.69, 9.17) is 0 Å². The van der Waals surface area contributed by atoms with Crippen molar-refractivity contribution in [3.8, 4) is 11.1 Å². The molecule has 0 aliphatic rings. The Morgan fingerprint density at radius 3 is 2.67 bits per heavy atom. The number of rotatable bonds is 2. The zero-order valence-corrected chi connectivity index (χ0v) is 8.35. The smallest absolute Gasteiger partial charge is 0.160 e. The van der Waals surface area contributed by atoms with E-state index in [0.717, 1.165) is 18.2 Å². The summed E-state index contributed by atoms with van der Waals surface area (Å²) < 4.78 is 26.2. The van der Waals surface area contributed by atoms with Crippen molar-refractivity contribution in [2.45, 2.75) is 0 Å². The molecule has 0 spiro atoms. The molecular weight excluding hydrogens is 218 g/mol. The summed E-state index contributed by atoms with van der Waals surface area (Å²) >= 11 is 1.20. The average Bonchev–Trinajstić information content (AvgIpc) is 2.70. The van der Waals surface area contributed by atoms with Crippen LogP contribution in [0.5, 0.6) is 0 Å². The van der Waals surface area contributed by atoms with Gasteiger partial charge in [-0.25, -0.2) is 8.78 Å². The van der Waals surface area contributed by atoms with Gasteiger partial charge >= 0.3 is 0 Å². The fourth-order valence-corrected chi connectivity index (χ4v) is 1.98. The Hall–Kier alpha value is -1.55. The van der Waals surface area contributed by atoms with E-state index in [-0.39, 0.29) is 5.56 Å². The van der Waals surface area contributed by atoms with Crippen LogP contribution in [0.3, 0.4) is 0 Å². The largest absolute Gasteiger partial charge is 0.297 e. The summed E-state index contributed by atoms with van der Waals surface area (Å²) in [7, 11) is 0. The highest BCUT2D eigenvalue weighted by Gasteiger charge is 2.08. The van der Waals surface area contributed by atoms with E-state index in [1.807, 2.05) is 0 Å². The molecule has 2 aromatic rings. The summed E-state index contributed by atoms with van der Waals surface area (Å²) in [5.74, 6) is -0.989.